The number of benzene rings is 1. The van der Waals surface area contributed by atoms with Gasteiger partial charge in [0.2, 0.25) is 0 Å². The molecule has 2 aromatic rings. The molecule has 2 N–H and O–H groups in total. The van der Waals surface area contributed by atoms with Crippen molar-refractivity contribution in [2.24, 2.45) is 0 Å². The van der Waals surface area contributed by atoms with Crippen LogP contribution in [-0.4, -0.2) is 17.4 Å². The number of aromatic nitrogens is 1. The number of nitrogens with one attached hydrogen (secondary N) is 2. The second-order valence-corrected chi connectivity index (χ2v) is 5.27. The van der Waals surface area contributed by atoms with Crippen molar-refractivity contribution in [1.29, 1.82) is 0 Å². The molecule has 0 spiro atoms. The van der Waals surface area contributed by atoms with E-state index in [0.29, 0.717) is 5.13 Å². The summed E-state index contributed by atoms with van der Waals surface area (Å²) >= 11 is 1.21. The maximum Gasteiger partial charge on any atom is 0.263 e. The van der Waals surface area contributed by atoms with Crippen LogP contribution < -0.4 is 10.6 Å². The van der Waals surface area contributed by atoms with Crippen LogP contribution in [0.3, 0.4) is 0 Å². The molecule has 2 rings (SSSR count). The van der Waals surface area contributed by atoms with E-state index in [0.717, 1.165) is 24.4 Å². The Kier molecular flexibility index (Phi) is 4.98. The first-order chi connectivity index (χ1) is 10.0. The van der Waals surface area contributed by atoms with Crippen molar-refractivity contribution in [2.45, 2.75) is 19.9 Å². The van der Waals surface area contributed by atoms with Gasteiger partial charge in [0.05, 0.1) is 5.69 Å². The normalized spacial score (nSPS) is 12.2. The summed E-state index contributed by atoms with van der Waals surface area (Å²) in [5.41, 5.74) is 0.167. The molecule has 1 heterocycles. The molecular formula is C14H15F2N3OS. The van der Waals surface area contributed by atoms with Crippen molar-refractivity contribution in [3.63, 3.8) is 0 Å². The van der Waals surface area contributed by atoms with Crippen LogP contribution in [0.4, 0.5) is 13.9 Å². The fourth-order valence-electron chi connectivity index (χ4n) is 1.83. The van der Waals surface area contributed by atoms with Gasteiger partial charge < -0.3 is 5.32 Å². The third-order valence-corrected chi connectivity index (χ3v) is 3.66. The molecule has 0 saturated carbocycles. The number of thiazole rings is 1. The van der Waals surface area contributed by atoms with Gasteiger partial charge in [0, 0.05) is 11.4 Å². The van der Waals surface area contributed by atoms with Gasteiger partial charge in [0.25, 0.3) is 5.91 Å². The highest BCUT2D eigenvalue weighted by atomic mass is 32.1. The van der Waals surface area contributed by atoms with Crippen molar-refractivity contribution in [3.8, 4) is 0 Å². The molecule has 0 aliphatic heterocycles. The van der Waals surface area contributed by atoms with E-state index in [4.69, 9.17) is 0 Å². The Hall–Kier alpha value is -1.86. The molecule has 1 aromatic heterocycles. The summed E-state index contributed by atoms with van der Waals surface area (Å²) in [6, 6.07) is 3.33. The lowest BCUT2D eigenvalue weighted by Gasteiger charge is -2.08. The molecule has 0 fully saturated rings. The number of carbonyl (C=O) groups excluding carboxylic acids is 1. The topological polar surface area (TPSA) is 54.0 Å². The number of anilines is 1. The average Bonchev–Trinajstić information content (AvgIpc) is 2.87. The van der Waals surface area contributed by atoms with E-state index in [9.17, 15) is 13.6 Å². The maximum atomic E-state index is 13.5. The number of nitrogens with zero attached hydrogens (tertiary/aromatic N) is 1. The van der Waals surface area contributed by atoms with Crippen LogP contribution in [0.5, 0.6) is 0 Å². The summed E-state index contributed by atoms with van der Waals surface area (Å²) in [5, 5.41) is 7.71. The first-order valence-electron chi connectivity index (χ1n) is 6.47. The van der Waals surface area contributed by atoms with Crippen LogP contribution in [0.25, 0.3) is 0 Å². The van der Waals surface area contributed by atoms with Crippen molar-refractivity contribution >= 4 is 22.4 Å². The highest BCUT2D eigenvalue weighted by Crippen LogP contribution is 2.22. The molecular weight excluding hydrogens is 296 g/mol. The van der Waals surface area contributed by atoms with Crippen LogP contribution in [0.1, 0.15) is 35.9 Å². The number of rotatable bonds is 5. The third kappa shape index (κ3) is 3.62. The van der Waals surface area contributed by atoms with Gasteiger partial charge in [0.1, 0.15) is 17.2 Å². The Labute approximate surface area is 125 Å². The molecule has 0 radical (unpaired) electrons. The van der Waals surface area contributed by atoms with Crippen LogP contribution in [-0.2, 0) is 0 Å². The highest BCUT2D eigenvalue weighted by molar-refractivity contribution is 7.14. The second kappa shape index (κ2) is 6.73. The molecule has 0 aliphatic carbocycles. The Morgan fingerprint density at radius 2 is 2.05 bits per heavy atom. The summed E-state index contributed by atoms with van der Waals surface area (Å²) < 4.78 is 27.0. The van der Waals surface area contributed by atoms with Gasteiger partial charge in [-0.1, -0.05) is 13.0 Å². The summed E-state index contributed by atoms with van der Waals surface area (Å²) in [6.07, 6.45) is 0. The summed E-state index contributed by atoms with van der Waals surface area (Å²) in [7, 11) is 0. The highest BCUT2D eigenvalue weighted by Gasteiger charge is 2.18. The quantitative estimate of drug-likeness (QED) is 0.890. The molecule has 21 heavy (non-hydrogen) atoms. The zero-order valence-corrected chi connectivity index (χ0v) is 12.4. The zero-order chi connectivity index (χ0) is 15.4. The second-order valence-electron chi connectivity index (χ2n) is 4.41. The van der Waals surface area contributed by atoms with Crippen LogP contribution >= 0.6 is 11.3 Å². The Bertz CT molecular complexity index is 625. The smallest absolute Gasteiger partial charge is 0.263 e. The van der Waals surface area contributed by atoms with Crippen molar-refractivity contribution < 1.29 is 13.6 Å². The van der Waals surface area contributed by atoms with E-state index in [1.165, 1.54) is 17.4 Å². The van der Waals surface area contributed by atoms with Gasteiger partial charge in [0.15, 0.2) is 5.13 Å². The van der Waals surface area contributed by atoms with Crippen molar-refractivity contribution in [2.75, 3.05) is 11.9 Å². The molecule has 1 amide bonds. The lowest BCUT2D eigenvalue weighted by Crippen LogP contribution is -2.18. The monoisotopic (exact) mass is 311 g/mol. The number of hydrogen-bond acceptors (Lipinski definition) is 4. The van der Waals surface area contributed by atoms with Gasteiger partial charge >= 0.3 is 0 Å². The Balaban J connectivity index is 2.13. The molecule has 1 atom stereocenters. The molecule has 7 heteroatoms. The standard InChI is InChI=1S/C14H15F2N3OS/c1-3-17-8(2)11-7-21-14(18-11)19-13(20)12-9(15)5-4-6-10(12)16/h4-8,17H,3H2,1-2H3,(H,18,19,20). The molecule has 0 bridgehead atoms. The predicted octanol–water partition coefficient (Wildman–Crippen LogP) is 3.34. The van der Waals surface area contributed by atoms with Crippen molar-refractivity contribution in [1.82, 2.24) is 10.3 Å². The summed E-state index contributed by atoms with van der Waals surface area (Å²) in [5.74, 6) is -2.64. The third-order valence-electron chi connectivity index (χ3n) is 2.89. The first kappa shape index (κ1) is 15.5. The van der Waals surface area contributed by atoms with E-state index in [1.807, 2.05) is 13.8 Å². The van der Waals surface area contributed by atoms with Crippen LogP contribution in [0, 0.1) is 11.6 Å². The molecule has 0 aliphatic rings. The first-order valence-corrected chi connectivity index (χ1v) is 7.35. The molecule has 1 aromatic carbocycles. The number of amides is 1. The predicted molar refractivity (Wildman–Crippen MR) is 78.5 cm³/mol. The van der Waals surface area contributed by atoms with Gasteiger partial charge in [-0.05, 0) is 25.6 Å². The Morgan fingerprint density at radius 1 is 1.38 bits per heavy atom. The van der Waals surface area contributed by atoms with Gasteiger partial charge in [-0.3, -0.25) is 10.1 Å². The lowest BCUT2D eigenvalue weighted by molar-refractivity contribution is 0.101. The average molecular weight is 311 g/mol. The fraction of sp³-hybridized carbons (Fsp3) is 0.286. The summed E-state index contributed by atoms with van der Waals surface area (Å²) in [6.45, 7) is 4.72. The van der Waals surface area contributed by atoms with E-state index in [-0.39, 0.29) is 6.04 Å². The van der Waals surface area contributed by atoms with Gasteiger partial charge in [-0.15, -0.1) is 11.3 Å². The van der Waals surface area contributed by atoms with E-state index in [1.54, 1.807) is 5.38 Å². The van der Waals surface area contributed by atoms with E-state index in [2.05, 4.69) is 15.6 Å². The number of hydrogen-bond donors (Lipinski definition) is 2. The Morgan fingerprint density at radius 3 is 2.67 bits per heavy atom. The lowest BCUT2D eigenvalue weighted by atomic mass is 10.2. The number of carbonyl (C=O) groups is 1. The largest absolute Gasteiger partial charge is 0.309 e. The fourth-order valence-corrected chi connectivity index (χ4v) is 2.63. The molecule has 112 valence electrons. The van der Waals surface area contributed by atoms with E-state index >= 15 is 0 Å². The van der Waals surface area contributed by atoms with Crippen LogP contribution in [0.2, 0.25) is 0 Å². The molecule has 0 saturated heterocycles. The van der Waals surface area contributed by atoms with Gasteiger partial charge in [-0.2, -0.15) is 0 Å². The van der Waals surface area contributed by atoms with Gasteiger partial charge in [-0.25, -0.2) is 13.8 Å². The summed E-state index contributed by atoms with van der Waals surface area (Å²) in [4.78, 5) is 16.2. The van der Waals surface area contributed by atoms with Crippen LogP contribution in [0.15, 0.2) is 23.6 Å². The molecule has 4 nitrogen and oxygen atoms in total. The SMILES string of the molecule is CCNC(C)c1csc(NC(=O)c2c(F)cccc2F)n1. The zero-order valence-electron chi connectivity index (χ0n) is 11.6. The van der Waals surface area contributed by atoms with E-state index < -0.39 is 23.1 Å². The maximum absolute atomic E-state index is 13.5. The van der Waals surface area contributed by atoms with Crippen molar-refractivity contribution in [3.05, 3.63) is 46.5 Å². The molecule has 1 unspecified atom stereocenters. The minimum atomic E-state index is -0.898. The number of halogens is 2. The minimum Gasteiger partial charge on any atom is -0.309 e. The minimum absolute atomic E-state index is 0.0436.